The number of fused-ring (bicyclic) bond motifs is 1. The third-order valence-corrected chi connectivity index (χ3v) is 5.03. The van der Waals surface area contributed by atoms with Crippen LogP contribution in [0, 0.1) is 0 Å². The monoisotopic (exact) mass is 409 g/mol. The predicted molar refractivity (Wildman–Crippen MR) is 101 cm³/mol. The fourth-order valence-corrected chi connectivity index (χ4v) is 3.67. The van der Waals surface area contributed by atoms with Gasteiger partial charge in [0.05, 0.1) is 11.0 Å². The number of carbonyl (C=O) groups is 1. The fourth-order valence-electron chi connectivity index (χ4n) is 3.32. The van der Waals surface area contributed by atoms with Crippen LogP contribution in [0.1, 0.15) is 39.7 Å². The number of aromatic nitrogens is 2. The highest BCUT2D eigenvalue weighted by atomic mass is 79.9. The standard InChI is InChI=1S/C18H24BrN3O3/c1-18(2,3)25-17(24)21-9-7-13(8-10-21)22-14-6-5-12(19)11-15(14)20(4)16(22)23/h5-6,11,13H,7-10H2,1-4H3. The molecule has 136 valence electrons. The number of aryl methyl sites for hydroxylation is 1. The van der Waals surface area contributed by atoms with E-state index in [1.165, 1.54) is 0 Å². The number of hydrogen-bond acceptors (Lipinski definition) is 3. The molecule has 1 aliphatic heterocycles. The minimum Gasteiger partial charge on any atom is -0.444 e. The van der Waals surface area contributed by atoms with Gasteiger partial charge in [0.1, 0.15) is 5.60 Å². The average Bonchev–Trinajstić information content (AvgIpc) is 2.77. The number of benzene rings is 1. The van der Waals surface area contributed by atoms with Crippen LogP contribution in [0.3, 0.4) is 0 Å². The topological polar surface area (TPSA) is 56.5 Å². The number of imidazole rings is 1. The van der Waals surface area contributed by atoms with E-state index in [-0.39, 0.29) is 17.8 Å². The van der Waals surface area contributed by atoms with Crippen molar-refractivity contribution in [3.8, 4) is 0 Å². The average molecular weight is 410 g/mol. The summed E-state index contributed by atoms with van der Waals surface area (Å²) in [5, 5.41) is 0. The van der Waals surface area contributed by atoms with E-state index in [0.717, 1.165) is 28.3 Å². The van der Waals surface area contributed by atoms with E-state index < -0.39 is 5.60 Å². The Kier molecular flexibility index (Phi) is 4.70. The summed E-state index contributed by atoms with van der Waals surface area (Å²) in [4.78, 5) is 26.6. The summed E-state index contributed by atoms with van der Waals surface area (Å²) in [6.07, 6.45) is 1.21. The maximum Gasteiger partial charge on any atom is 0.410 e. The van der Waals surface area contributed by atoms with Crippen LogP contribution in [0.25, 0.3) is 11.0 Å². The number of hydrogen-bond donors (Lipinski definition) is 0. The number of likely N-dealkylation sites (tertiary alicyclic amines) is 1. The van der Waals surface area contributed by atoms with Crippen molar-refractivity contribution in [3.63, 3.8) is 0 Å². The lowest BCUT2D eigenvalue weighted by Crippen LogP contribution is -2.43. The van der Waals surface area contributed by atoms with Crippen LogP contribution in [-0.2, 0) is 11.8 Å². The fraction of sp³-hybridized carbons (Fsp3) is 0.556. The van der Waals surface area contributed by atoms with Gasteiger partial charge < -0.3 is 9.64 Å². The van der Waals surface area contributed by atoms with Crippen LogP contribution < -0.4 is 5.69 Å². The Morgan fingerprint density at radius 3 is 2.44 bits per heavy atom. The van der Waals surface area contributed by atoms with Crippen molar-refractivity contribution >= 4 is 33.1 Å². The quantitative estimate of drug-likeness (QED) is 0.721. The maximum absolute atomic E-state index is 12.7. The van der Waals surface area contributed by atoms with Gasteiger partial charge in [0.15, 0.2) is 0 Å². The van der Waals surface area contributed by atoms with Gasteiger partial charge in [-0.1, -0.05) is 15.9 Å². The molecule has 2 aromatic rings. The zero-order valence-electron chi connectivity index (χ0n) is 15.1. The summed E-state index contributed by atoms with van der Waals surface area (Å²) in [5.74, 6) is 0. The first kappa shape index (κ1) is 18.0. The van der Waals surface area contributed by atoms with E-state index in [1.54, 1.807) is 16.5 Å². The molecule has 0 bridgehead atoms. The number of ether oxygens (including phenoxy) is 1. The van der Waals surface area contributed by atoms with Crippen LogP contribution in [0.15, 0.2) is 27.5 Å². The molecule has 2 heterocycles. The second-order valence-corrected chi connectivity index (χ2v) is 8.46. The molecule has 0 aliphatic carbocycles. The molecule has 6 nitrogen and oxygen atoms in total. The Balaban J connectivity index is 1.80. The number of carbonyl (C=O) groups excluding carboxylic acids is 1. The minimum absolute atomic E-state index is 0.0104. The van der Waals surface area contributed by atoms with Crippen LogP contribution in [-0.4, -0.2) is 38.8 Å². The predicted octanol–water partition coefficient (Wildman–Crippen LogP) is 3.67. The Bertz CT molecular complexity index is 855. The lowest BCUT2D eigenvalue weighted by atomic mass is 10.0. The largest absolute Gasteiger partial charge is 0.444 e. The lowest BCUT2D eigenvalue weighted by molar-refractivity contribution is 0.0188. The zero-order valence-corrected chi connectivity index (χ0v) is 16.7. The van der Waals surface area contributed by atoms with E-state index in [2.05, 4.69) is 15.9 Å². The Morgan fingerprint density at radius 2 is 1.84 bits per heavy atom. The smallest absolute Gasteiger partial charge is 0.410 e. The van der Waals surface area contributed by atoms with Gasteiger partial charge in [0.2, 0.25) is 0 Å². The summed E-state index contributed by atoms with van der Waals surface area (Å²) in [5.41, 5.74) is 1.35. The van der Waals surface area contributed by atoms with E-state index >= 15 is 0 Å². The molecule has 1 fully saturated rings. The van der Waals surface area contributed by atoms with Crippen molar-refractivity contribution in [2.24, 2.45) is 7.05 Å². The van der Waals surface area contributed by atoms with Gasteiger partial charge in [-0.25, -0.2) is 9.59 Å². The van der Waals surface area contributed by atoms with Gasteiger partial charge >= 0.3 is 11.8 Å². The van der Waals surface area contributed by atoms with Crippen LogP contribution in [0.5, 0.6) is 0 Å². The summed E-state index contributed by atoms with van der Waals surface area (Å²) in [7, 11) is 1.80. The molecular weight excluding hydrogens is 386 g/mol. The molecule has 0 saturated carbocycles. The second-order valence-electron chi connectivity index (χ2n) is 7.54. The third-order valence-electron chi connectivity index (χ3n) is 4.53. The molecule has 0 radical (unpaired) electrons. The number of nitrogens with zero attached hydrogens (tertiary/aromatic N) is 3. The second kappa shape index (κ2) is 6.52. The molecule has 25 heavy (non-hydrogen) atoms. The van der Waals surface area contributed by atoms with Gasteiger partial charge in [-0.3, -0.25) is 9.13 Å². The lowest BCUT2D eigenvalue weighted by Gasteiger charge is -2.33. The molecule has 1 saturated heterocycles. The molecule has 0 spiro atoms. The molecule has 0 unspecified atom stereocenters. The number of amides is 1. The molecular formula is C18H24BrN3O3. The first-order valence-corrected chi connectivity index (χ1v) is 9.31. The Hall–Kier alpha value is -1.76. The first-order chi connectivity index (χ1) is 11.7. The summed E-state index contributed by atoms with van der Waals surface area (Å²) in [6, 6.07) is 5.98. The van der Waals surface area contributed by atoms with E-state index in [0.29, 0.717) is 13.1 Å². The zero-order chi connectivity index (χ0) is 18.4. The van der Waals surface area contributed by atoms with Crippen LogP contribution in [0.2, 0.25) is 0 Å². The molecule has 1 amide bonds. The van der Waals surface area contributed by atoms with Gasteiger partial charge in [0.25, 0.3) is 0 Å². The minimum atomic E-state index is -0.492. The van der Waals surface area contributed by atoms with Gasteiger partial charge in [-0.2, -0.15) is 0 Å². The first-order valence-electron chi connectivity index (χ1n) is 8.52. The molecule has 1 aromatic carbocycles. The summed E-state index contributed by atoms with van der Waals surface area (Å²) >= 11 is 3.46. The molecule has 3 rings (SSSR count). The maximum atomic E-state index is 12.7. The highest BCUT2D eigenvalue weighted by molar-refractivity contribution is 9.10. The molecule has 1 aliphatic rings. The summed E-state index contributed by atoms with van der Waals surface area (Å²) in [6.45, 7) is 6.79. The number of rotatable bonds is 1. The normalized spacial score (nSPS) is 16.4. The number of halogens is 1. The van der Waals surface area contributed by atoms with Gasteiger partial charge in [-0.05, 0) is 51.8 Å². The van der Waals surface area contributed by atoms with Crippen molar-refractivity contribution in [2.45, 2.75) is 45.3 Å². The molecule has 0 atom stereocenters. The van der Waals surface area contributed by atoms with Crippen molar-refractivity contribution in [3.05, 3.63) is 33.2 Å². The summed E-state index contributed by atoms with van der Waals surface area (Å²) < 4.78 is 9.94. The molecule has 0 N–H and O–H groups in total. The SMILES string of the molecule is Cn1c(=O)n(C2CCN(C(=O)OC(C)(C)C)CC2)c2ccc(Br)cc21. The van der Waals surface area contributed by atoms with Crippen LogP contribution >= 0.6 is 15.9 Å². The van der Waals surface area contributed by atoms with Crippen molar-refractivity contribution in [2.75, 3.05) is 13.1 Å². The van der Waals surface area contributed by atoms with Gasteiger partial charge in [0, 0.05) is 30.7 Å². The number of piperidine rings is 1. The molecule has 1 aromatic heterocycles. The van der Waals surface area contributed by atoms with E-state index in [1.807, 2.05) is 43.5 Å². The van der Waals surface area contributed by atoms with Crippen LogP contribution in [0.4, 0.5) is 4.79 Å². The Labute approximate surface area is 155 Å². The van der Waals surface area contributed by atoms with Gasteiger partial charge in [-0.15, -0.1) is 0 Å². The van der Waals surface area contributed by atoms with E-state index in [4.69, 9.17) is 4.74 Å². The third kappa shape index (κ3) is 3.61. The highest BCUT2D eigenvalue weighted by Gasteiger charge is 2.29. The van der Waals surface area contributed by atoms with Crippen molar-refractivity contribution in [1.82, 2.24) is 14.0 Å². The highest BCUT2D eigenvalue weighted by Crippen LogP contribution is 2.27. The van der Waals surface area contributed by atoms with Crippen molar-refractivity contribution < 1.29 is 9.53 Å². The molecule has 7 heteroatoms. The van der Waals surface area contributed by atoms with E-state index in [9.17, 15) is 9.59 Å². The Morgan fingerprint density at radius 1 is 1.20 bits per heavy atom. The van der Waals surface area contributed by atoms with Crippen molar-refractivity contribution in [1.29, 1.82) is 0 Å².